The monoisotopic (exact) mass is 426 g/mol. The summed E-state index contributed by atoms with van der Waals surface area (Å²) in [6.07, 6.45) is 16.5. The standard InChI is InChI=1S/C30H50O/c1-9-28-24(6)25(7)30-29(26(28)8)20-19-27(31-30)18-12-17-23(5)16-11-15-22(4)14-10-13-21(2)3/h18,21-23H,9-17,19-20H2,1-8H3/b27-18+/t22-,23-/m1/s1. The van der Waals surface area contributed by atoms with Gasteiger partial charge in [0, 0.05) is 6.42 Å². The summed E-state index contributed by atoms with van der Waals surface area (Å²) in [7, 11) is 0. The number of ether oxygens (including phenoxy) is 1. The fourth-order valence-electron chi connectivity index (χ4n) is 5.31. The lowest BCUT2D eigenvalue weighted by Crippen LogP contribution is -2.13. The summed E-state index contributed by atoms with van der Waals surface area (Å²) < 4.78 is 6.43. The van der Waals surface area contributed by atoms with E-state index in [1.54, 1.807) is 0 Å². The highest BCUT2D eigenvalue weighted by Crippen LogP contribution is 2.39. The Morgan fingerprint density at radius 2 is 1.39 bits per heavy atom. The van der Waals surface area contributed by atoms with Gasteiger partial charge in [-0.05, 0) is 98.1 Å². The number of benzene rings is 1. The van der Waals surface area contributed by atoms with Crippen LogP contribution in [0.3, 0.4) is 0 Å². The molecule has 0 unspecified atom stereocenters. The molecule has 0 fully saturated rings. The molecular weight excluding hydrogens is 376 g/mol. The van der Waals surface area contributed by atoms with Crippen molar-refractivity contribution < 1.29 is 4.74 Å². The molecule has 176 valence electrons. The molecule has 2 atom stereocenters. The molecule has 0 radical (unpaired) electrons. The minimum absolute atomic E-state index is 0.814. The molecular formula is C30H50O. The molecule has 1 aliphatic heterocycles. The summed E-state index contributed by atoms with van der Waals surface area (Å²) >= 11 is 0. The fraction of sp³-hybridized carbons (Fsp3) is 0.733. The second-order valence-electron chi connectivity index (χ2n) is 10.8. The van der Waals surface area contributed by atoms with Crippen LogP contribution in [0.5, 0.6) is 5.75 Å². The summed E-state index contributed by atoms with van der Waals surface area (Å²) in [5.74, 6) is 4.92. The van der Waals surface area contributed by atoms with Crippen molar-refractivity contribution in [2.24, 2.45) is 17.8 Å². The van der Waals surface area contributed by atoms with Crippen molar-refractivity contribution in [1.82, 2.24) is 0 Å². The van der Waals surface area contributed by atoms with Crippen molar-refractivity contribution >= 4 is 0 Å². The predicted octanol–water partition coefficient (Wildman–Crippen LogP) is 9.43. The number of rotatable bonds is 12. The SMILES string of the molecule is CCc1c(C)c(C)c2c(c1C)CC/C(=C\CC[C@H](C)CCC[C@H](C)CCCC(C)C)O2. The van der Waals surface area contributed by atoms with Crippen molar-refractivity contribution in [3.8, 4) is 5.75 Å². The van der Waals surface area contributed by atoms with Crippen LogP contribution >= 0.6 is 0 Å². The smallest absolute Gasteiger partial charge is 0.133 e. The van der Waals surface area contributed by atoms with E-state index in [9.17, 15) is 0 Å². The molecule has 31 heavy (non-hydrogen) atoms. The predicted molar refractivity (Wildman–Crippen MR) is 137 cm³/mol. The maximum Gasteiger partial charge on any atom is 0.133 e. The van der Waals surface area contributed by atoms with E-state index in [2.05, 4.69) is 61.5 Å². The van der Waals surface area contributed by atoms with E-state index >= 15 is 0 Å². The number of allylic oxidation sites excluding steroid dienone is 2. The lowest BCUT2D eigenvalue weighted by molar-refractivity contribution is 0.367. The van der Waals surface area contributed by atoms with E-state index in [1.807, 2.05) is 0 Å². The Bertz CT molecular complexity index is 725. The Morgan fingerprint density at radius 3 is 2.00 bits per heavy atom. The van der Waals surface area contributed by atoms with Crippen LogP contribution < -0.4 is 4.74 Å². The summed E-state index contributed by atoms with van der Waals surface area (Å²) in [5, 5.41) is 0. The van der Waals surface area contributed by atoms with Gasteiger partial charge in [0.25, 0.3) is 0 Å². The van der Waals surface area contributed by atoms with Gasteiger partial charge in [0.15, 0.2) is 0 Å². The van der Waals surface area contributed by atoms with Gasteiger partial charge in [0.05, 0.1) is 0 Å². The zero-order valence-electron chi connectivity index (χ0n) is 22.0. The van der Waals surface area contributed by atoms with E-state index in [4.69, 9.17) is 4.74 Å². The van der Waals surface area contributed by atoms with Crippen LogP contribution in [0.1, 0.15) is 120 Å². The number of hydrogen-bond acceptors (Lipinski definition) is 1. The minimum atomic E-state index is 0.814. The van der Waals surface area contributed by atoms with Gasteiger partial charge < -0.3 is 4.74 Å². The van der Waals surface area contributed by atoms with Crippen molar-refractivity contribution in [3.05, 3.63) is 39.7 Å². The molecule has 1 heterocycles. The van der Waals surface area contributed by atoms with Gasteiger partial charge in [0.2, 0.25) is 0 Å². The van der Waals surface area contributed by atoms with Crippen molar-refractivity contribution in [2.75, 3.05) is 0 Å². The molecule has 1 aliphatic rings. The molecule has 0 saturated heterocycles. The molecule has 0 N–H and O–H groups in total. The molecule has 0 aromatic heterocycles. The van der Waals surface area contributed by atoms with E-state index in [0.29, 0.717) is 0 Å². The summed E-state index contributed by atoms with van der Waals surface area (Å²) in [6.45, 7) is 18.6. The summed E-state index contributed by atoms with van der Waals surface area (Å²) in [6, 6.07) is 0. The van der Waals surface area contributed by atoms with E-state index in [1.165, 1.54) is 78.5 Å². The van der Waals surface area contributed by atoms with Gasteiger partial charge in [-0.3, -0.25) is 0 Å². The Balaban J connectivity index is 1.77. The first-order valence-electron chi connectivity index (χ1n) is 13.2. The van der Waals surface area contributed by atoms with Crippen LogP contribution in [-0.4, -0.2) is 0 Å². The van der Waals surface area contributed by atoms with Gasteiger partial charge in [0.1, 0.15) is 11.5 Å². The first kappa shape index (κ1) is 26.0. The first-order chi connectivity index (χ1) is 14.7. The topological polar surface area (TPSA) is 9.23 Å². The van der Waals surface area contributed by atoms with Gasteiger partial charge in [-0.15, -0.1) is 0 Å². The second-order valence-corrected chi connectivity index (χ2v) is 10.8. The van der Waals surface area contributed by atoms with Crippen LogP contribution in [-0.2, 0) is 12.8 Å². The molecule has 0 aliphatic carbocycles. The van der Waals surface area contributed by atoms with E-state index < -0.39 is 0 Å². The third-order valence-corrected chi connectivity index (χ3v) is 7.65. The van der Waals surface area contributed by atoms with Gasteiger partial charge in [-0.25, -0.2) is 0 Å². The molecule has 1 aromatic rings. The molecule has 1 aromatic carbocycles. The molecule has 0 saturated carbocycles. The molecule has 0 bridgehead atoms. The maximum absolute atomic E-state index is 6.43. The van der Waals surface area contributed by atoms with Crippen molar-refractivity contribution in [2.45, 2.75) is 126 Å². The molecule has 1 nitrogen and oxygen atoms in total. The second kappa shape index (κ2) is 12.7. The van der Waals surface area contributed by atoms with E-state index in [0.717, 1.165) is 49.2 Å². The number of fused-ring (bicyclic) bond motifs is 1. The van der Waals surface area contributed by atoms with E-state index in [-0.39, 0.29) is 0 Å². The van der Waals surface area contributed by atoms with Crippen LogP contribution in [0.15, 0.2) is 11.8 Å². The average molecular weight is 427 g/mol. The summed E-state index contributed by atoms with van der Waals surface area (Å²) in [4.78, 5) is 0. The quantitative estimate of drug-likeness (QED) is 0.323. The van der Waals surface area contributed by atoms with Crippen molar-refractivity contribution in [1.29, 1.82) is 0 Å². The lowest BCUT2D eigenvalue weighted by Gasteiger charge is -2.27. The third kappa shape index (κ3) is 7.69. The Kier molecular flexibility index (Phi) is 10.7. The molecule has 2 rings (SSSR count). The van der Waals surface area contributed by atoms with Crippen molar-refractivity contribution in [3.63, 3.8) is 0 Å². The average Bonchev–Trinajstić information content (AvgIpc) is 2.72. The van der Waals surface area contributed by atoms with Crippen LogP contribution in [0.25, 0.3) is 0 Å². The largest absolute Gasteiger partial charge is 0.461 e. The Labute approximate surface area is 194 Å². The van der Waals surface area contributed by atoms with Crippen LogP contribution in [0.4, 0.5) is 0 Å². The fourth-order valence-corrected chi connectivity index (χ4v) is 5.31. The summed E-state index contributed by atoms with van der Waals surface area (Å²) in [5.41, 5.74) is 7.21. The lowest BCUT2D eigenvalue weighted by atomic mass is 9.87. The maximum atomic E-state index is 6.43. The highest BCUT2D eigenvalue weighted by Gasteiger charge is 2.22. The highest BCUT2D eigenvalue weighted by atomic mass is 16.5. The zero-order chi connectivity index (χ0) is 23.0. The molecule has 1 heteroatoms. The minimum Gasteiger partial charge on any atom is -0.461 e. The molecule has 0 amide bonds. The normalized spacial score (nSPS) is 17.0. The zero-order valence-corrected chi connectivity index (χ0v) is 22.0. The van der Waals surface area contributed by atoms with Gasteiger partial charge >= 0.3 is 0 Å². The van der Waals surface area contributed by atoms with Gasteiger partial charge in [-0.2, -0.15) is 0 Å². The van der Waals surface area contributed by atoms with Gasteiger partial charge in [-0.1, -0.05) is 73.1 Å². The Hall–Kier alpha value is -1.24. The highest BCUT2D eigenvalue weighted by molar-refractivity contribution is 5.56. The van der Waals surface area contributed by atoms with Crippen LogP contribution in [0.2, 0.25) is 0 Å². The number of hydrogen-bond donors (Lipinski definition) is 0. The van der Waals surface area contributed by atoms with Crippen LogP contribution in [0, 0.1) is 38.5 Å². The Morgan fingerprint density at radius 1 is 0.774 bits per heavy atom. The third-order valence-electron chi connectivity index (χ3n) is 7.65. The first-order valence-corrected chi connectivity index (χ1v) is 13.2. The molecule has 0 spiro atoms.